The number of carbonyl (C=O) groups is 1. The Labute approximate surface area is 190 Å². The normalized spacial score (nSPS) is 34.0. The molecule has 2 bridgehead atoms. The van der Waals surface area contributed by atoms with Gasteiger partial charge in [0.25, 0.3) is 0 Å². The van der Waals surface area contributed by atoms with E-state index in [1.807, 2.05) is 6.20 Å². The van der Waals surface area contributed by atoms with Crippen LogP contribution in [0.15, 0.2) is 30.5 Å². The molecular weight excluding hydrogens is 409 g/mol. The Morgan fingerprint density at radius 1 is 1.10 bits per heavy atom. The first kappa shape index (κ1) is 21.4. The van der Waals surface area contributed by atoms with E-state index in [1.165, 1.54) is 11.6 Å². The summed E-state index contributed by atoms with van der Waals surface area (Å²) in [6.07, 6.45) is 13.1. The van der Waals surface area contributed by atoms with Crippen LogP contribution in [-0.4, -0.2) is 15.6 Å². The number of fused-ring (bicyclic) bond motifs is 4. The number of halogens is 2. The van der Waals surface area contributed by atoms with E-state index >= 15 is 0 Å². The maximum absolute atomic E-state index is 13.8. The van der Waals surface area contributed by atoms with Crippen molar-refractivity contribution < 1.29 is 9.18 Å². The highest BCUT2D eigenvalue weighted by atomic mass is 35.5. The first-order valence-electron chi connectivity index (χ1n) is 12.1. The fourth-order valence-corrected chi connectivity index (χ4v) is 7.01. The van der Waals surface area contributed by atoms with Gasteiger partial charge in [0.15, 0.2) is 0 Å². The summed E-state index contributed by atoms with van der Waals surface area (Å²) in [5.41, 5.74) is 2.04. The molecule has 6 rings (SSSR count). The highest BCUT2D eigenvalue weighted by Crippen LogP contribution is 2.56. The Kier molecular flexibility index (Phi) is 5.61. The smallest absolute Gasteiger partial charge is 0.139 e. The standard InChI is InChI=1S/C27H33ClFNO/c1-18(16-25(31)26-9-12-27(28,13-10-26)14-11-26)19-2-4-20(5-3-19)22-8-15-30-24-7-6-21(29)17-23(22)24/h6-8,15,17-20H,2-5,9-14,16H2,1H3. The van der Waals surface area contributed by atoms with Crippen molar-refractivity contribution in [2.75, 3.05) is 0 Å². The third-order valence-electron chi connectivity index (χ3n) is 9.01. The third kappa shape index (κ3) is 4.03. The lowest BCUT2D eigenvalue weighted by atomic mass is 9.57. The van der Waals surface area contributed by atoms with Crippen LogP contribution in [0.3, 0.4) is 0 Å². The number of aromatic nitrogens is 1. The largest absolute Gasteiger partial charge is 0.299 e. The summed E-state index contributed by atoms with van der Waals surface area (Å²) in [4.78, 5) is 17.7. The number of hydrogen-bond donors (Lipinski definition) is 0. The molecule has 2 nitrogen and oxygen atoms in total. The lowest BCUT2D eigenvalue weighted by Crippen LogP contribution is -2.47. The third-order valence-corrected chi connectivity index (χ3v) is 9.57. The SMILES string of the molecule is CC(CC(=O)C12CCC(Cl)(CC1)CC2)C1CCC(c2ccnc3ccc(F)cc23)CC1. The molecule has 4 aliphatic carbocycles. The van der Waals surface area contributed by atoms with Gasteiger partial charge in [-0.25, -0.2) is 4.39 Å². The number of carbonyl (C=O) groups excluding carboxylic acids is 1. The number of rotatable bonds is 5. The van der Waals surface area contributed by atoms with Crippen molar-refractivity contribution in [3.63, 3.8) is 0 Å². The molecule has 4 heteroatoms. The fourth-order valence-electron chi connectivity index (χ4n) is 6.73. The second kappa shape index (κ2) is 8.14. The molecule has 1 unspecified atom stereocenters. The number of Topliss-reactive ketones (excluding diaryl/α,β-unsaturated/α-hetero) is 1. The van der Waals surface area contributed by atoms with Crippen LogP contribution in [0, 0.1) is 23.1 Å². The van der Waals surface area contributed by atoms with Crippen LogP contribution in [0.5, 0.6) is 0 Å². The quantitative estimate of drug-likeness (QED) is 0.447. The number of benzene rings is 1. The first-order valence-corrected chi connectivity index (χ1v) is 12.5. The molecule has 0 radical (unpaired) electrons. The first-order chi connectivity index (χ1) is 14.9. The van der Waals surface area contributed by atoms with Crippen LogP contribution >= 0.6 is 11.6 Å². The van der Waals surface area contributed by atoms with Gasteiger partial charge in [-0.2, -0.15) is 0 Å². The zero-order chi connectivity index (χ0) is 21.6. The average Bonchev–Trinajstić information content (AvgIpc) is 2.79. The van der Waals surface area contributed by atoms with Crippen molar-refractivity contribution in [2.24, 2.45) is 17.3 Å². The summed E-state index contributed by atoms with van der Waals surface area (Å²) in [5.74, 6) is 1.83. The Bertz CT molecular complexity index is 956. The van der Waals surface area contributed by atoms with E-state index < -0.39 is 0 Å². The molecule has 0 N–H and O–H groups in total. The predicted molar refractivity (Wildman–Crippen MR) is 124 cm³/mol. The monoisotopic (exact) mass is 441 g/mol. The Hall–Kier alpha value is -1.48. The minimum atomic E-state index is -0.196. The Morgan fingerprint density at radius 2 is 1.77 bits per heavy atom. The second-order valence-corrected chi connectivity index (χ2v) is 11.5. The second-order valence-electron chi connectivity index (χ2n) is 10.7. The van der Waals surface area contributed by atoms with Crippen LogP contribution < -0.4 is 0 Å². The minimum absolute atomic E-state index is 0.00786. The van der Waals surface area contributed by atoms with Crippen LogP contribution in [0.1, 0.15) is 89.0 Å². The van der Waals surface area contributed by atoms with Crippen LogP contribution in [0.2, 0.25) is 0 Å². The summed E-state index contributed by atoms with van der Waals surface area (Å²) in [7, 11) is 0. The van der Waals surface area contributed by atoms with E-state index in [0.29, 0.717) is 23.5 Å². The molecule has 0 aliphatic heterocycles. The molecule has 1 atom stereocenters. The van der Waals surface area contributed by atoms with Gasteiger partial charge in [0.05, 0.1) is 5.52 Å². The van der Waals surface area contributed by atoms with Gasteiger partial charge in [-0.3, -0.25) is 9.78 Å². The molecule has 1 aromatic carbocycles. The number of nitrogens with zero attached hydrogens (tertiary/aromatic N) is 1. The molecule has 1 heterocycles. The summed E-state index contributed by atoms with van der Waals surface area (Å²) >= 11 is 6.66. The molecule has 4 fully saturated rings. The van der Waals surface area contributed by atoms with E-state index in [2.05, 4.69) is 18.0 Å². The molecule has 0 amide bonds. The Morgan fingerprint density at radius 3 is 2.45 bits per heavy atom. The van der Waals surface area contributed by atoms with Crippen molar-refractivity contribution in [3.05, 3.63) is 41.8 Å². The summed E-state index contributed by atoms with van der Waals surface area (Å²) in [6, 6.07) is 6.97. The van der Waals surface area contributed by atoms with E-state index in [1.54, 1.807) is 12.1 Å². The summed E-state index contributed by atoms with van der Waals surface area (Å²) < 4.78 is 13.8. The lowest BCUT2D eigenvalue weighted by molar-refractivity contribution is -0.135. The van der Waals surface area contributed by atoms with Gasteiger partial charge in [0.1, 0.15) is 11.6 Å². The molecular formula is C27H33ClFNO. The highest BCUT2D eigenvalue weighted by molar-refractivity contribution is 6.24. The predicted octanol–water partition coefficient (Wildman–Crippen LogP) is 7.57. The van der Waals surface area contributed by atoms with E-state index in [4.69, 9.17) is 11.6 Å². The van der Waals surface area contributed by atoms with Gasteiger partial charge in [-0.1, -0.05) is 6.92 Å². The topological polar surface area (TPSA) is 30.0 Å². The van der Waals surface area contributed by atoms with E-state index in [-0.39, 0.29) is 16.1 Å². The summed E-state index contributed by atoms with van der Waals surface area (Å²) in [6.45, 7) is 2.29. The molecule has 2 aromatic rings. The minimum Gasteiger partial charge on any atom is -0.299 e. The molecule has 4 saturated carbocycles. The number of pyridine rings is 1. The van der Waals surface area contributed by atoms with Gasteiger partial charge in [0, 0.05) is 28.3 Å². The van der Waals surface area contributed by atoms with Crippen molar-refractivity contribution in [1.82, 2.24) is 4.98 Å². The highest BCUT2D eigenvalue weighted by Gasteiger charge is 2.51. The van der Waals surface area contributed by atoms with Gasteiger partial charge < -0.3 is 0 Å². The van der Waals surface area contributed by atoms with Crippen LogP contribution in [0.25, 0.3) is 10.9 Å². The number of ketones is 1. The zero-order valence-corrected chi connectivity index (χ0v) is 19.3. The van der Waals surface area contributed by atoms with Gasteiger partial charge in [-0.15, -0.1) is 11.6 Å². The average molecular weight is 442 g/mol. The lowest BCUT2D eigenvalue weighted by Gasteiger charge is -2.50. The van der Waals surface area contributed by atoms with Crippen LogP contribution in [0.4, 0.5) is 4.39 Å². The molecule has 166 valence electrons. The maximum atomic E-state index is 13.8. The maximum Gasteiger partial charge on any atom is 0.139 e. The molecule has 1 aromatic heterocycles. The van der Waals surface area contributed by atoms with E-state index in [9.17, 15) is 9.18 Å². The van der Waals surface area contributed by atoms with Gasteiger partial charge in [0.2, 0.25) is 0 Å². The van der Waals surface area contributed by atoms with Gasteiger partial charge in [-0.05, 0) is 112 Å². The van der Waals surface area contributed by atoms with Crippen molar-refractivity contribution >= 4 is 28.3 Å². The Balaban J connectivity index is 1.21. The van der Waals surface area contributed by atoms with Crippen molar-refractivity contribution in [3.8, 4) is 0 Å². The molecule has 31 heavy (non-hydrogen) atoms. The fraction of sp³-hybridized carbons (Fsp3) is 0.630. The zero-order valence-electron chi connectivity index (χ0n) is 18.5. The number of hydrogen-bond acceptors (Lipinski definition) is 2. The van der Waals surface area contributed by atoms with Gasteiger partial charge >= 0.3 is 0 Å². The van der Waals surface area contributed by atoms with Crippen molar-refractivity contribution in [2.45, 2.75) is 88.3 Å². The molecule has 0 spiro atoms. The van der Waals surface area contributed by atoms with Crippen LogP contribution in [-0.2, 0) is 4.79 Å². The summed E-state index contributed by atoms with van der Waals surface area (Å²) in [5, 5.41) is 0.957. The van der Waals surface area contributed by atoms with Crippen molar-refractivity contribution in [1.29, 1.82) is 0 Å². The number of alkyl halides is 1. The molecule has 4 aliphatic rings. The molecule has 0 saturated heterocycles. The van der Waals surface area contributed by atoms with E-state index in [0.717, 1.165) is 81.5 Å².